The molecule has 7 heteroatoms. The van der Waals surface area contributed by atoms with Crippen LogP contribution in [0.15, 0.2) is 60.7 Å². The van der Waals surface area contributed by atoms with Crippen LogP contribution in [-0.2, 0) is 0 Å². The van der Waals surface area contributed by atoms with Gasteiger partial charge in [0.05, 0.1) is 26.9 Å². The molecule has 0 aromatic heterocycles. The average molecular weight is 421 g/mol. The summed E-state index contributed by atoms with van der Waals surface area (Å²) in [5, 5.41) is 2.82. The van der Waals surface area contributed by atoms with Crippen molar-refractivity contribution in [2.45, 2.75) is 6.92 Å². The summed E-state index contributed by atoms with van der Waals surface area (Å²) in [5.74, 6) is 0.507. The number of rotatable bonds is 7. The number of amides is 1. The molecule has 0 unspecified atom stereocenters. The van der Waals surface area contributed by atoms with Gasteiger partial charge in [-0.3, -0.25) is 4.79 Å². The minimum atomic E-state index is -0.601. The van der Waals surface area contributed by atoms with Gasteiger partial charge in [-0.25, -0.2) is 4.79 Å². The van der Waals surface area contributed by atoms with Crippen molar-refractivity contribution in [1.82, 2.24) is 0 Å². The zero-order valence-corrected chi connectivity index (χ0v) is 17.7. The molecule has 0 spiro atoms. The van der Waals surface area contributed by atoms with Crippen LogP contribution in [0, 0.1) is 6.92 Å². The molecule has 0 aliphatic rings. The normalized spacial score (nSPS) is 10.2. The van der Waals surface area contributed by atoms with E-state index in [0.717, 1.165) is 5.56 Å². The Morgan fingerprint density at radius 1 is 0.742 bits per heavy atom. The highest BCUT2D eigenvalue weighted by atomic mass is 16.5. The van der Waals surface area contributed by atoms with Crippen LogP contribution in [0.4, 0.5) is 5.69 Å². The monoisotopic (exact) mass is 421 g/mol. The molecule has 0 atom stereocenters. The van der Waals surface area contributed by atoms with Crippen molar-refractivity contribution < 1.29 is 28.5 Å². The van der Waals surface area contributed by atoms with E-state index in [0.29, 0.717) is 34.2 Å². The first-order valence-corrected chi connectivity index (χ1v) is 9.45. The highest BCUT2D eigenvalue weighted by Gasteiger charge is 2.18. The lowest BCUT2D eigenvalue weighted by Crippen LogP contribution is -2.12. The summed E-state index contributed by atoms with van der Waals surface area (Å²) >= 11 is 0. The Hall–Kier alpha value is -4.00. The Labute approximate surface area is 180 Å². The third kappa shape index (κ3) is 5.14. The number of hydrogen-bond donors (Lipinski definition) is 1. The maximum atomic E-state index is 12.6. The fourth-order valence-corrected chi connectivity index (χ4v) is 2.88. The zero-order chi connectivity index (χ0) is 22.4. The highest BCUT2D eigenvalue weighted by Crippen LogP contribution is 2.38. The lowest BCUT2D eigenvalue weighted by Gasteiger charge is -2.13. The van der Waals surface area contributed by atoms with Gasteiger partial charge < -0.3 is 24.3 Å². The molecule has 7 nitrogen and oxygen atoms in total. The molecule has 0 fully saturated rings. The van der Waals surface area contributed by atoms with E-state index < -0.39 is 5.97 Å². The largest absolute Gasteiger partial charge is 0.493 e. The van der Waals surface area contributed by atoms with E-state index in [1.807, 2.05) is 31.2 Å². The molecule has 0 heterocycles. The number of carbonyl (C=O) groups is 2. The van der Waals surface area contributed by atoms with E-state index in [9.17, 15) is 9.59 Å². The van der Waals surface area contributed by atoms with Crippen LogP contribution in [0.25, 0.3) is 0 Å². The van der Waals surface area contributed by atoms with Crippen LogP contribution in [0.2, 0.25) is 0 Å². The molecule has 0 saturated heterocycles. The number of esters is 1. The van der Waals surface area contributed by atoms with Crippen molar-refractivity contribution in [2.75, 3.05) is 26.6 Å². The summed E-state index contributed by atoms with van der Waals surface area (Å²) in [4.78, 5) is 25.0. The van der Waals surface area contributed by atoms with Gasteiger partial charge in [0.25, 0.3) is 5.91 Å². The van der Waals surface area contributed by atoms with Crippen LogP contribution < -0.4 is 24.3 Å². The molecule has 0 aliphatic carbocycles. The number of anilines is 1. The zero-order valence-electron chi connectivity index (χ0n) is 17.7. The molecular weight excluding hydrogens is 398 g/mol. The number of ether oxygens (including phenoxy) is 4. The number of hydrogen-bond acceptors (Lipinski definition) is 6. The molecule has 3 rings (SSSR count). The van der Waals surface area contributed by atoms with Gasteiger partial charge in [0.1, 0.15) is 5.75 Å². The van der Waals surface area contributed by atoms with Crippen molar-refractivity contribution in [3.63, 3.8) is 0 Å². The van der Waals surface area contributed by atoms with Crippen molar-refractivity contribution in [3.8, 4) is 23.0 Å². The van der Waals surface area contributed by atoms with Gasteiger partial charge in [-0.15, -0.1) is 0 Å². The maximum absolute atomic E-state index is 12.6. The SMILES string of the molecule is COc1cc(C(=O)Oc2ccc(C(=O)Nc3ccc(C)cc3)cc2)cc(OC)c1OC. The van der Waals surface area contributed by atoms with E-state index in [-0.39, 0.29) is 11.5 Å². The van der Waals surface area contributed by atoms with Crippen molar-refractivity contribution >= 4 is 17.6 Å². The van der Waals surface area contributed by atoms with Gasteiger partial charge >= 0.3 is 5.97 Å². The third-order valence-electron chi connectivity index (χ3n) is 4.54. The van der Waals surface area contributed by atoms with Crippen molar-refractivity contribution in [2.24, 2.45) is 0 Å². The summed E-state index contributed by atoms with van der Waals surface area (Å²) in [6.45, 7) is 1.98. The van der Waals surface area contributed by atoms with Gasteiger partial charge in [-0.2, -0.15) is 0 Å². The van der Waals surface area contributed by atoms with Gasteiger partial charge in [-0.1, -0.05) is 17.7 Å². The average Bonchev–Trinajstić information content (AvgIpc) is 2.79. The Bertz CT molecular complexity index is 1050. The van der Waals surface area contributed by atoms with Crippen LogP contribution in [0.1, 0.15) is 26.3 Å². The molecule has 1 N–H and O–H groups in total. The summed E-state index contributed by atoms with van der Waals surface area (Å²) in [6.07, 6.45) is 0. The number of nitrogens with one attached hydrogen (secondary N) is 1. The van der Waals surface area contributed by atoms with Gasteiger partial charge in [0, 0.05) is 11.3 Å². The number of carbonyl (C=O) groups excluding carboxylic acids is 2. The molecular formula is C24H23NO6. The quantitative estimate of drug-likeness (QED) is 0.447. The van der Waals surface area contributed by atoms with Gasteiger partial charge in [0.2, 0.25) is 5.75 Å². The van der Waals surface area contributed by atoms with Crippen LogP contribution >= 0.6 is 0 Å². The highest BCUT2D eigenvalue weighted by molar-refractivity contribution is 6.04. The Kier molecular flexibility index (Phi) is 6.77. The fraction of sp³-hybridized carbons (Fsp3) is 0.167. The van der Waals surface area contributed by atoms with Crippen molar-refractivity contribution in [3.05, 3.63) is 77.4 Å². The third-order valence-corrected chi connectivity index (χ3v) is 4.54. The number of methoxy groups -OCH3 is 3. The van der Waals surface area contributed by atoms with E-state index in [4.69, 9.17) is 18.9 Å². The molecule has 31 heavy (non-hydrogen) atoms. The number of benzene rings is 3. The predicted molar refractivity (Wildman–Crippen MR) is 117 cm³/mol. The lowest BCUT2D eigenvalue weighted by molar-refractivity contribution is 0.0733. The van der Waals surface area contributed by atoms with Gasteiger partial charge in [0.15, 0.2) is 11.5 Å². The maximum Gasteiger partial charge on any atom is 0.343 e. The second-order valence-corrected chi connectivity index (χ2v) is 6.65. The molecule has 0 aliphatic heterocycles. The number of aryl methyl sites for hydroxylation is 1. The molecule has 0 bridgehead atoms. The molecule has 3 aromatic carbocycles. The minimum absolute atomic E-state index is 0.232. The molecule has 160 valence electrons. The lowest BCUT2D eigenvalue weighted by atomic mass is 10.1. The Morgan fingerprint density at radius 3 is 1.84 bits per heavy atom. The Morgan fingerprint density at radius 2 is 1.32 bits per heavy atom. The van der Waals surface area contributed by atoms with Crippen molar-refractivity contribution in [1.29, 1.82) is 0 Å². The standard InChI is InChI=1S/C24H23NO6/c1-15-5-9-18(10-6-15)25-23(26)16-7-11-19(12-8-16)31-24(27)17-13-20(28-2)22(30-4)21(14-17)29-3/h5-14H,1-4H3,(H,25,26). The molecule has 1 amide bonds. The van der Waals surface area contributed by atoms with E-state index in [1.54, 1.807) is 24.3 Å². The van der Waals surface area contributed by atoms with Gasteiger partial charge in [-0.05, 0) is 55.5 Å². The van der Waals surface area contributed by atoms with Crippen LogP contribution in [0.5, 0.6) is 23.0 Å². The summed E-state index contributed by atoms with van der Waals surface area (Å²) in [7, 11) is 4.41. The first-order chi connectivity index (χ1) is 14.9. The molecule has 0 radical (unpaired) electrons. The smallest absolute Gasteiger partial charge is 0.343 e. The first-order valence-electron chi connectivity index (χ1n) is 9.45. The van der Waals surface area contributed by atoms with E-state index in [1.165, 1.54) is 33.5 Å². The molecule has 0 saturated carbocycles. The van der Waals surface area contributed by atoms with E-state index >= 15 is 0 Å². The Balaban J connectivity index is 1.71. The topological polar surface area (TPSA) is 83.1 Å². The fourth-order valence-electron chi connectivity index (χ4n) is 2.88. The second kappa shape index (κ2) is 9.67. The summed E-state index contributed by atoms with van der Waals surface area (Å²) < 4.78 is 21.2. The molecule has 3 aromatic rings. The summed E-state index contributed by atoms with van der Waals surface area (Å²) in [5.41, 5.74) is 2.48. The first kappa shape index (κ1) is 21.7. The van der Waals surface area contributed by atoms with Crippen LogP contribution in [0.3, 0.4) is 0 Å². The second-order valence-electron chi connectivity index (χ2n) is 6.65. The predicted octanol–water partition coefficient (Wildman–Crippen LogP) is 4.49. The summed E-state index contributed by atoms with van der Waals surface area (Å²) in [6, 6.07) is 16.8. The minimum Gasteiger partial charge on any atom is -0.493 e. The van der Waals surface area contributed by atoms with Crippen LogP contribution in [-0.4, -0.2) is 33.2 Å². The van der Waals surface area contributed by atoms with E-state index in [2.05, 4.69) is 5.32 Å².